The van der Waals surface area contributed by atoms with Gasteiger partial charge in [-0.15, -0.1) is 0 Å². The summed E-state index contributed by atoms with van der Waals surface area (Å²) >= 11 is 0. The molecule has 1 unspecified atom stereocenters. The Hall–Kier alpha value is -2.07. The molecule has 124 valence electrons. The number of nitriles is 1. The molecule has 1 fully saturated rings. The molecule has 23 heavy (non-hydrogen) atoms. The van der Waals surface area contributed by atoms with E-state index in [1.165, 1.54) is 0 Å². The summed E-state index contributed by atoms with van der Waals surface area (Å²) in [6, 6.07) is 8.72. The number of nitrogens with zero attached hydrogens (tertiary/aromatic N) is 1. The van der Waals surface area contributed by atoms with E-state index in [1.54, 1.807) is 18.2 Å². The standard InChI is InChI=1S/C16H21N3O3S/c1-12(18-15(20)16(11-17)8-3-4-9-16)13-6-5-7-14(10-13)19-23(2,21)22/h5-7,10,12,19H,3-4,8-9H2,1-2H3,(H,18,20). The fourth-order valence-electron chi connectivity index (χ4n) is 2.87. The third-order valence-corrected chi connectivity index (χ3v) is 4.75. The van der Waals surface area contributed by atoms with Gasteiger partial charge in [0.25, 0.3) is 0 Å². The maximum absolute atomic E-state index is 12.5. The summed E-state index contributed by atoms with van der Waals surface area (Å²) in [6.07, 6.45) is 4.06. The lowest BCUT2D eigenvalue weighted by atomic mass is 9.86. The topological polar surface area (TPSA) is 99.1 Å². The van der Waals surface area contributed by atoms with E-state index < -0.39 is 15.4 Å². The quantitative estimate of drug-likeness (QED) is 0.862. The first-order valence-electron chi connectivity index (χ1n) is 7.56. The van der Waals surface area contributed by atoms with E-state index in [2.05, 4.69) is 16.1 Å². The van der Waals surface area contributed by atoms with E-state index in [1.807, 2.05) is 13.0 Å². The molecule has 0 bridgehead atoms. The van der Waals surface area contributed by atoms with Crippen molar-refractivity contribution in [1.29, 1.82) is 5.26 Å². The van der Waals surface area contributed by atoms with E-state index in [9.17, 15) is 18.5 Å². The monoisotopic (exact) mass is 335 g/mol. The maximum atomic E-state index is 12.5. The third kappa shape index (κ3) is 4.23. The lowest BCUT2D eigenvalue weighted by Crippen LogP contribution is -2.39. The van der Waals surface area contributed by atoms with E-state index >= 15 is 0 Å². The Morgan fingerprint density at radius 1 is 1.35 bits per heavy atom. The normalized spacial score (nSPS) is 18.0. The van der Waals surface area contributed by atoms with Crippen molar-refractivity contribution in [2.45, 2.75) is 38.6 Å². The van der Waals surface area contributed by atoms with Crippen LogP contribution in [0.5, 0.6) is 0 Å². The van der Waals surface area contributed by atoms with Crippen LogP contribution in [-0.2, 0) is 14.8 Å². The summed E-state index contributed by atoms with van der Waals surface area (Å²) in [6.45, 7) is 1.82. The molecule has 0 spiro atoms. The molecule has 0 saturated heterocycles. The summed E-state index contributed by atoms with van der Waals surface area (Å²) < 4.78 is 25.0. The van der Waals surface area contributed by atoms with Gasteiger partial charge in [0.1, 0.15) is 5.41 Å². The summed E-state index contributed by atoms with van der Waals surface area (Å²) in [7, 11) is -3.35. The molecule has 0 aliphatic heterocycles. The Morgan fingerprint density at radius 3 is 2.57 bits per heavy atom. The summed E-state index contributed by atoms with van der Waals surface area (Å²) in [5.74, 6) is -0.244. The molecule has 6 nitrogen and oxygen atoms in total. The molecule has 1 saturated carbocycles. The van der Waals surface area contributed by atoms with Crippen molar-refractivity contribution in [2.24, 2.45) is 5.41 Å². The number of carbonyl (C=O) groups is 1. The molecule has 1 aliphatic carbocycles. The molecule has 2 N–H and O–H groups in total. The lowest BCUT2D eigenvalue weighted by Gasteiger charge is -2.23. The zero-order chi connectivity index (χ0) is 17.1. The first-order chi connectivity index (χ1) is 10.8. The summed E-state index contributed by atoms with van der Waals surface area (Å²) in [5.41, 5.74) is 0.303. The Labute approximate surface area is 136 Å². The van der Waals surface area contributed by atoms with Crippen LogP contribution in [0.3, 0.4) is 0 Å². The fourth-order valence-corrected chi connectivity index (χ4v) is 3.43. The third-order valence-electron chi connectivity index (χ3n) is 4.14. The van der Waals surface area contributed by atoms with Crippen LogP contribution >= 0.6 is 0 Å². The minimum atomic E-state index is -3.35. The highest BCUT2D eigenvalue weighted by molar-refractivity contribution is 7.92. The van der Waals surface area contributed by atoms with Crippen molar-refractivity contribution in [1.82, 2.24) is 5.32 Å². The maximum Gasteiger partial charge on any atom is 0.240 e. The molecule has 0 radical (unpaired) electrons. The number of rotatable bonds is 5. The van der Waals surface area contributed by atoms with Gasteiger partial charge in [0, 0.05) is 5.69 Å². The molecular weight excluding hydrogens is 314 g/mol. The minimum absolute atomic E-state index is 0.244. The van der Waals surface area contributed by atoms with Gasteiger partial charge in [-0.3, -0.25) is 9.52 Å². The molecular formula is C16H21N3O3S. The molecule has 1 aromatic carbocycles. The zero-order valence-electron chi connectivity index (χ0n) is 13.3. The largest absolute Gasteiger partial charge is 0.348 e. The van der Waals surface area contributed by atoms with Gasteiger partial charge in [-0.2, -0.15) is 5.26 Å². The molecule has 1 amide bonds. The fraction of sp³-hybridized carbons (Fsp3) is 0.500. The lowest BCUT2D eigenvalue weighted by molar-refractivity contribution is -0.128. The minimum Gasteiger partial charge on any atom is -0.348 e. The van der Waals surface area contributed by atoms with Crippen LogP contribution in [0, 0.1) is 16.7 Å². The zero-order valence-corrected chi connectivity index (χ0v) is 14.1. The van der Waals surface area contributed by atoms with Gasteiger partial charge in [0.2, 0.25) is 15.9 Å². The van der Waals surface area contributed by atoms with Crippen LogP contribution in [0.2, 0.25) is 0 Å². The van der Waals surface area contributed by atoms with Crippen molar-refractivity contribution < 1.29 is 13.2 Å². The molecule has 1 atom stereocenters. The first-order valence-corrected chi connectivity index (χ1v) is 9.45. The van der Waals surface area contributed by atoms with E-state index in [0.29, 0.717) is 18.5 Å². The van der Waals surface area contributed by atoms with Gasteiger partial charge in [-0.05, 0) is 37.5 Å². The predicted octanol–water partition coefficient (Wildman–Crippen LogP) is 2.32. The van der Waals surface area contributed by atoms with Crippen molar-refractivity contribution in [3.05, 3.63) is 29.8 Å². The molecule has 0 aromatic heterocycles. The number of sulfonamides is 1. The number of benzene rings is 1. The van der Waals surface area contributed by atoms with Crippen molar-refractivity contribution in [3.8, 4) is 6.07 Å². The second-order valence-corrected chi connectivity index (χ2v) is 7.84. The average molecular weight is 335 g/mol. The molecule has 1 aromatic rings. The molecule has 1 aliphatic rings. The van der Waals surface area contributed by atoms with Crippen molar-refractivity contribution >= 4 is 21.6 Å². The second kappa shape index (κ2) is 6.59. The van der Waals surface area contributed by atoms with Gasteiger partial charge >= 0.3 is 0 Å². The highest BCUT2D eigenvalue weighted by Crippen LogP contribution is 2.38. The van der Waals surface area contributed by atoms with Gasteiger partial charge in [0.05, 0.1) is 18.4 Å². The number of nitrogens with one attached hydrogen (secondary N) is 2. The number of hydrogen-bond acceptors (Lipinski definition) is 4. The van der Waals surface area contributed by atoms with Crippen LogP contribution in [-0.4, -0.2) is 20.6 Å². The Bertz CT molecular complexity index is 731. The second-order valence-electron chi connectivity index (χ2n) is 6.10. The van der Waals surface area contributed by atoms with Gasteiger partial charge in [-0.25, -0.2) is 8.42 Å². The first kappa shape index (κ1) is 17.3. The van der Waals surface area contributed by atoms with Gasteiger partial charge in [0.15, 0.2) is 0 Å². The predicted molar refractivity (Wildman–Crippen MR) is 88.0 cm³/mol. The van der Waals surface area contributed by atoms with Crippen molar-refractivity contribution in [2.75, 3.05) is 11.0 Å². The van der Waals surface area contributed by atoms with Gasteiger partial charge < -0.3 is 5.32 Å². The smallest absolute Gasteiger partial charge is 0.240 e. The van der Waals surface area contributed by atoms with Gasteiger partial charge in [-0.1, -0.05) is 25.0 Å². The number of carbonyl (C=O) groups excluding carboxylic acids is 1. The Kier molecular flexibility index (Phi) is 4.95. The van der Waals surface area contributed by atoms with Crippen LogP contribution in [0.1, 0.15) is 44.2 Å². The Morgan fingerprint density at radius 2 is 2.00 bits per heavy atom. The van der Waals surface area contributed by atoms with Crippen LogP contribution in [0.25, 0.3) is 0 Å². The van der Waals surface area contributed by atoms with Crippen LogP contribution < -0.4 is 10.0 Å². The highest BCUT2D eigenvalue weighted by atomic mass is 32.2. The molecule has 7 heteroatoms. The SMILES string of the molecule is CC(NC(=O)C1(C#N)CCCC1)c1cccc(NS(C)(=O)=O)c1. The Balaban J connectivity index is 2.12. The van der Waals surface area contributed by atoms with E-state index in [-0.39, 0.29) is 11.9 Å². The average Bonchev–Trinajstić information content (AvgIpc) is 2.96. The summed E-state index contributed by atoms with van der Waals surface area (Å²) in [4.78, 5) is 12.5. The van der Waals surface area contributed by atoms with E-state index in [4.69, 9.17) is 0 Å². The van der Waals surface area contributed by atoms with Crippen molar-refractivity contribution in [3.63, 3.8) is 0 Å². The van der Waals surface area contributed by atoms with E-state index in [0.717, 1.165) is 24.7 Å². The van der Waals surface area contributed by atoms with Crippen LogP contribution in [0.4, 0.5) is 5.69 Å². The number of amides is 1. The molecule has 2 rings (SSSR count). The highest BCUT2D eigenvalue weighted by Gasteiger charge is 2.41. The number of hydrogen-bond donors (Lipinski definition) is 2. The summed E-state index contributed by atoms with van der Waals surface area (Å²) in [5, 5.41) is 12.2. The van der Waals surface area contributed by atoms with Crippen LogP contribution in [0.15, 0.2) is 24.3 Å². The molecule has 0 heterocycles. The number of anilines is 1.